The first kappa shape index (κ1) is 21.8. The molecule has 0 spiro atoms. The van der Waals surface area contributed by atoms with Crippen molar-refractivity contribution in [2.24, 2.45) is 0 Å². The third-order valence-corrected chi connectivity index (χ3v) is 4.30. The molecule has 0 saturated carbocycles. The summed E-state index contributed by atoms with van der Waals surface area (Å²) in [4.78, 5) is 32.2. The van der Waals surface area contributed by atoms with E-state index >= 15 is 0 Å². The van der Waals surface area contributed by atoms with Crippen molar-refractivity contribution in [3.8, 4) is 0 Å². The number of pyridine rings is 2. The number of alkyl halides is 3. The number of benzene rings is 1. The topological polar surface area (TPSA) is 96.0 Å². The van der Waals surface area contributed by atoms with E-state index in [9.17, 15) is 22.8 Å². The zero-order chi connectivity index (χ0) is 22.6. The van der Waals surface area contributed by atoms with Crippen molar-refractivity contribution < 1.29 is 22.8 Å². The number of hydrogen-bond donors (Lipinski definition) is 3. The van der Waals surface area contributed by atoms with Crippen LogP contribution in [0, 0.1) is 6.92 Å². The van der Waals surface area contributed by atoms with Gasteiger partial charge in [0.2, 0.25) is 0 Å². The minimum atomic E-state index is -4.69. The summed E-state index contributed by atoms with van der Waals surface area (Å²) in [6, 6.07) is 11.7. The zero-order valence-electron chi connectivity index (χ0n) is 16.5. The van der Waals surface area contributed by atoms with Crippen molar-refractivity contribution in [3.05, 3.63) is 77.2 Å². The third kappa shape index (κ3) is 5.16. The van der Waals surface area contributed by atoms with Gasteiger partial charge in [0.1, 0.15) is 11.4 Å². The van der Waals surface area contributed by atoms with E-state index in [1.807, 2.05) is 19.1 Å². The standard InChI is InChI=1S/C21H18F3N5O2/c1-12-6-3-4-7-14(12)28-18-16(10-13(11-26-18)19(30)25-2)29-20(31)15-8-5-9-17(27-15)21(22,23)24/h3-11H,1-2H3,(H,25,30)(H,26,28)(H,29,31). The lowest BCUT2D eigenvalue weighted by atomic mass is 10.2. The summed E-state index contributed by atoms with van der Waals surface area (Å²) in [5, 5.41) is 8.00. The number of rotatable bonds is 5. The van der Waals surface area contributed by atoms with E-state index in [4.69, 9.17) is 0 Å². The van der Waals surface area contributed by atoms with Gasteiger partial charge in [0.15, 0.2) is 5.82 Å². The van der Waals surface area contributed by atoms with Crippen LogP contribution in [-0.2, 0) is 6.18 Å². The van der Waals surface area contributed by atoms with Crippen LogP contribution in [0.25, 0.3) is 0 Å². The lowest BCUT2D eigenvalue weighted by Gasteiger charge is -2.15. The molecule has 3 rings (SSSR count). The van der Waals surface area contributed by atoms with Gasteiger partial charge in [0.25, 0.3) is 11.8 Å². The Labute approximate surface area is 175 Å². The quantitative estimate of drug-likeness (QED) is 0.566. The Morgan fingerprint density at radius 3 is 2.39 bits per heavy atom. The second-order valence-corrected chi connectivity index (χ2v) is 6.50. The van der Waals surface area contributed by atoms with Gasteiger partial charge in [-0.1, -0.05) is 24.3 Å². The second-order valence-electron chi connectivity index (χ2n) is 6.50. The van der Waals surface area contributed by atoms with Gasteiger partial charge in [-0.15, -0.1) is 0 Å². The van der Waals surface area contributed by atoms with Crippen LogP contribution in [-0.4, -0.2) is 28.8 Å². The fraction of sp³-hybridized carbons (Fsp3) is 0.143. The molecule has 1 aromatic carbocycles. The fourth-order valence-electron chi connectivity index (χ4n) is 2.67. The largest absolute Gasteiger partial charge is 0.433 e. The first-order chi connectivity index (χ1) is 14.7. The summed E-state index contributed by atoms with van der Waals surface area (Å²) in [5.41, 5.74) is 0.253. The average Bonchev–Trinajstić information content (AvgIpc) is 2.75. The van der Waals surface area contributed by atoms with Gasteiger partial charge in [-0.05, 0) is 36.8 Å². The van der Waals surface area contributed by atoms with Gasteiger partial charge < -0.3 is 16.0 Å². The highest BCUT2D eigenvalue weighted by Crippen LogP contribution is 2.29. The van der Waals surface area contributed by atoms with Crippen molar-refractivity contribution >= 4 is 29.0 Å². The number of aryl methyl sites for hydroxylation is 1. The fourth-order valence-corrected chi connectivity index (χ4v) is 2.67. The third-order valence-electron chi connectivity index (χ3n) is 4.30. The second kappa shape index (κ2) is 8.82. The Hall–Kier alpha value is -3.95. The van der Waals surface area contributed by atoms with Crippen LogP contribution in [0.2, 0.25) is 0 Å². The number of hydrogen-bond acceptors (Lipinski definition) is 5. The Bertz CT molecular complexity index is 1130. The van der Waals surface area contributed by atoms with E-state index in [1.54, 1.807) is 12.1 Å². The lowest BCUT2D eigenvalue weighted by molar-refractivity contribution is -0.141. The SMILES string of the molecule is CNC(=O)c1cnc(Nc2ccccc2C)c(NC(=O)c2cccc(C(F)(F)F)n2)c1. The number of halogens is 3. The smallest absolute Gasteiger partial charge is 0.355 e. The van der Waals surface area contributed by atoms with E-state index in [0.717, 1.165) is 23.8 Å². The van der Waals surface area contributed by atoms with Crippen molar-refractivity contribution in [2.75, 3.05) is 17.7 Å². The monoisotopic (exact) mass is 429 g/mol. The van der Waals surface area contributed by atoms with E-state index in [2.05, 4.69) is 25.9 Å². The van der Waals surface area contributed by atoms with E-state index < -0.39 is 29.4 Å². The highest BCUT2D eigenvalue weighted by Gasteiger charge is 2.33. The van der Waals surface area contributed by atoms with Crippen molar-refractivity contribution in [2.45, 2.75) is 13.1 Å². The highest BCUT2D eigenvalue weighted by atomic mass is 19.4. The molecule has 0 aliphatic heterocycles. The van der Waals surface area contributed by atoms with Crippen LogP contribution in [0.4, 0.5) is 30.4 Å². The molecule has 2 amide bonds. The Morgan fingerprint density at radius 1 is 0.968 bits per heavy atom. The van der Waals surface area contributed by atoms with E-state index in [-0.39, 0.29) is 17.1 Å². The van der Waals surface area contributed by atoms with Crippen molar-refractivity contribution in [1.29, 1.82) is 0 Å². The van der Waals surface area contributed by atoms with Gasteiger partial charge >= 0.3 is 6.18 Å². The van der Waals surface area contributed by atoms with Crippen LogP contribution in [0.5, 0.6) is 0 Å². The van der Waals surface area contributed by atoms with Gasteiger partial charge in [-0.25, -0.2) is 9.97 Å². The number of para-hydroxylation sites is 1. The summed E-state index contributed by atoms with van der Waals surface area (Å²) in [5.74, 6) is -1.11. The predicted molar refractivity (Wildman–Crippen MR) is 109 cm³/mol. The first-order valence-corrected chi connectivity index (χ1v) is 9.09. The summed E-state index contributed by atoms with van der Waals surface area (Å²) in [6.07, 6.45) is -3.37. The average molecular weight is 429 g/mol. The van der Waals surface area contributed by atoms with E-state index in [1.165, 1.54) is 19.3 Å². The molecule has 0 bridgehead atoms. The first-order valence-electron chi connectivity index (χ1n) is 9.09. The van der Waals surface area contributed by atoms with Gasteiger partial charge in [-0.3, -0.25) is 9.59 Å². The molecule has 0 fully saturated rings. The number of amides is 2. The molecule has 0 aliphatic carbocycles. The predicted octanol–water partition coefficient (Wildman–Crippen LogP) is 4.16. The molecule has 160 valence electrons. The minimum absolute atomic E-state index is 0.105. The highest BCUT2D eigenvalue weighted by molar-refractivity contribution is 6.05. The summed E-state index contributed by atoms with van der Waals surface area (Å²) in [7, 11) is 1.44. The number of aromatic nitrogens is 2. The Morgan fingerprint density at radius 2 is 1.71 bits per heavy atom. The number of carbonyl (C=O) groups excluding carboxylic acids is 2. The Balaban J connectivity index is 1.96. The van der Waals surface area contributed by atoms with Gasteiger partial charge in [0, 0.05) is 18.9 Å². The van der Waals surface area contributed by atoms with Crippen molar-refractivity contribution in [3.63, 3.8) is 0 Å². The molecule has 2 heterocycles. The molecule has 10 heteroatoms. The van der Waals surface area contributed by atoms with Crippen LogP contribution in [0.3, 0.4) is 0 Å². The number of carbonyl (C=O) groups is 2. The maximum Gasteiger partial charge on any atom is 0.433 e. The number of anilines is 3. The summed E-state index contributed by atoms with van der Waals surface area (Å²) >= 11 is 0. The number of nitrogens with one attached hydrogen (secondary N) is 3. The molecule has 0 aliphatic rings. The molecular formula is C21H18F3N5O2. The normalized spacial score (nSPS) is 11.0. The van der Waals surface area contributed by atoms with E-state index in [0.29, 0.717) is 5.69 Å². The molecular weight excluding hydrogens is 411 g/mol. The van der Waals surface area contributed by atoms with Gasteiger partial charge in [0.05, 0.1) is 11.3 Å². The molecule has 3 aromatic rings. The maximum absolute atomic E-state index is 12.9. The molecule has 0 saturated heterocycles. The van der Waals surface area contributed by atoms with Crippen LogP contribution < -0.4 is 16.0 Å². The van der Waals surface area contributed by atoms with Gasteiger partial charge in [-0.2, -0.15) is 13.2 Å². The maximum atomic E-state index is 12.9. The molecule has 0 radical (unpaired) electrons. The number of nitrogens with zero attached hydrogens (tertiary/aromatic N) is 2. The summed E-state index contributed by atoms with van der Waals surface area (Å²) < 4.78 is 38.8. The van der Waals surface area contributed by atoms with Crippen LogP contribution >= 0.6 is 0 Å². The molecule has 0 atom stereocenters. The summed E-state index contributed by atoms with van der Waals surface area (Å²) in [6.45, 7) is 1.87. The van der Waals surface area contributed by atoms with Crippen LogP contribution in [0.15, 0.2) is 54.7 Å². The minimum Gasteiger partial charge on any atom is -0.355 e. The zero-order valence-corrected chi connectivity index (χ0v) is 16.5. The van der Waals surface area contributed by atoms with Crippen molar-refractivity contribution in [1.82, 2.24) is 15.3 Å². The molecule has 0 unspecified atom stereocenters. The Kier molecular flexibility index (Phi) is 6.19. The van der Waals surface area contributed by atoms with Crippen LogP contribution in [0.1, 0.15) is 32.1 Å². The molecule has 31 heavy (non-hydrogen) atoms. The molecule has 2 aromatic heterocycles. The lowest BCUT2D eigenvalue weighted by Crippen LogP contribution is -2.20. The molecule has 7 nitrogen and oxygen atoms in total. The molecule has 3 N–H and O–H groups in total.